The van der Waals surface area contributed by atoms with Gasteiger partial charge in [0.05, 0.1) is 12.6 Å². The van der Waals surface area contributed by atoms with Crippen LogP contribution in [0.2, 0.25) is 0 Å². The molecule has 0 fully saturated rings. The molecule has 0 aliphatic carbocycles. The van der Waals surface area contributed by atoms with Gasteiger partial charge in [0.15, 0.2) is 0 Å². The zero-order chi connectivity index (χ0) is 13.7. The maximum Gasteiger partial charge on any atom is 0.115 e. The summed E-state index contributed by atoms with van der Waals surface area (Å²) >= 11 is 0. The largest absolute Gasteiger partial charge is 0.508 e. The smallest absolute Gasteiger partial charge is 0.115 e. The fourth-order valence-electron chi connectivity index (χ4n) is 2.10. The topological polar surface area (TPSA) is 52.5 Å². The third kappa shape index (κ3) is 3.56. The van der Waals surface area contributed by atoms with Crippen LogP contribution in [-0.4, -0.2) is 16.8 Å². The Labute approximate surface area is 113 Å². The standard InChI is InChI=1S/C16H19NO2/c1-12(13-7-9-15(19)10-8-13)17-16(11-18)14-5-3-2-4-6-14/h2-10,12,16-19H,11H2,1H3/t12?,16-/m1/s1. The Morgan fingerprint density at radius 2 is 1.58 bits per heavy atom. The average Bonchev–Trinajstić information content (AvgIpc) is 2.46. The Morgan fingerprint density at radius 3 is 2.16 bits per heavy atom. The number of aliphatic hydroxyl groups excluding tert-OH is 1. The molecule has 100 valence electrons. The van der Waals surface area contributed by atoms with Gasteiger partial charge in [0.2, 0.25) is 0 Å². The van der Waals surface area contributed by atoms with Gasteiger partial charge in [-0.1, -0.05) is 42.5 Å². The molecule has 0 bridgehead atoms. The van der Waals surface area contributed by atoms with E-state index in [0.717, 1.165) is 11.1 Å². The highest BCUT2D eigenvalue weighted by Gasteiger charge is 2.14. The Kier molecular flexibility index (Phi) is 4.55. The molecule has 0 saturated carbocycles. The first-order valence-corrected chi connectivity index (χ1v) is 6.41. The van der Waals surface area contributed by atoms with Gasteiger partial charge in [-0.05, 0) is 30.2 Å². The summed E-state index contributed by atoms with van der Waals surface area (Å²) in [6.07, 6.45) is 0. The molecule has 0 heterocycles. The number of benzene rings is 2. The molecule has 0 spiro atoms. The van der Waals surface area contributed by atoms with Gasteiger partial charge in [-0.3, -0.25) is 0 Å². The van der Waals surface area contributed by atoms with Crippen molar-refractivity contribution in [3.63, 3.8) is 0 Å². The third-order valence-electron chi connectivity index (χ3n) is 3.23. The minimum Gasteiger partial charge on any atom is -0.508 e. The zero-order valence-electron chi connectivity index (χ0n) is 11.0. The van der Waals surface area contributed by atoms with Crippen LogP contribution in [-0.2, 0) is 0 Å². The predicted octanol–water partition coefficient (Wildman–Crippen LogP) is 2.78. The molecule has 0 saturated heterocycles. The highest BCUT2D eigenvalue weighted by molar-refractivity contribution is 5.28. The number of aromatic hydroxyl groups is 1. The number of hydrogen-bond acceptors (Lipinski definition) is 3. The van der Waals surface area contributed by atoms with Crippen molar-refractivity contribution in [3.05, 3.63) is 65.7 Å². The highest BCUT2D eigenvalue weighted by atomic mass is 16.3. The molecule has 0 amide bonds. The second kappa shape index (κ2) is 6.36. The van der Waals surface area contributed by atoms with Crippen LogP contribution in [0.3, 0.4) is 0 Å². The lowest BCUT2D eigenvalue weighted by Gasteiger charge is -2.22. The maximum absolute atomic E-state index is 9.52. The van der Waals surface area contributed by atoms with Gasteiger partial charge in [-0.25, -0.2) is 0 Å². The van der Waals surface area contributed by atoms with E-state index in [4.69, 9.17) is 0 Å². The van der Waals surface area contributed by atoms with Crippen molar-refractivity contribution in [3.8, 4) is 5.75 Å². The van der Waals surface area contributed by atoms with E-state index in [-0.39, 0.29) is 24.4 Å². The summed E-state index contributed by atoms with van der Waals surface area (Å²) in [5.41, 5.74) is 2.14. The minimum atomic E-state index is -0.0926. The molecule has 19 heavy (non-hydrogen) atoms. The summed E-state index contributed by atoms with van der Waals surface area (Å²) in [7, 11) is 0. The van der Waals surface area contributed by atoms with E-state index in [1.165, 1.54) is 0 Å². The lowest BCUT2D eigenvalue weighted by molar-refractivity contribution is 0.235. The molecule has 1 unspecified atom stereocenters. The van der Waals surface area contributed by atoms with Crippen LogP contribution in [0.1, 0.15) is 30.1 Å². The van der Waals surface area contributed by atoms with Crippen LogP contribution in [0.4, 0.5) is 0 Å². The van der Waals surface area contributed by atoms with Gasteiger partial charge < -0.3 is 15.5 Å². The Morgan fingerprint density at radius 1 is 0.947 bits per heavy atom. The summed E-state index contributed by atoms with van der Waals surface area (Å²) < 4.78 is 0. The van der Waals surface area contributed by atoms with E-state index >= 15 is 0 Å². The van der Waals surface area contributed by atoms with Crippen molar-refractivity contribution in [1.29, 1.82) is 0 Å². The Bertz CT molecular complexity index is 496. The SMILES string of the molecule is CC(N[C@H](CO)c1ccccc1)c1ccc(O)cc1. The van der Waals surface area contributed by atoms with Gasteiger partial charge >= 0.3 is 0 Å². The molecule has 3 heteroatoms. The molecular weight excluding hydrogens is 238 g/mol. The fourth-order valence-corrected chi connectivity index (χ4v) is 2.10. The van der Waals surface area contributed by atoms with Crippen LogP contribution >= 0.6 is 0 Å². The molecule has 2 rings (SSSR count). The van der Waals surface area contributed by atoms with E-state index in [1.807, 2.05) is 49.4 Å². The number of nitrogens with one attached hydrogen (secondary N) is 1. The number of aliphatic hydroxyl groups is 1. The van der Waals surface area contributed by atoms with Crippen LogP contribution in [0.15, 0.2) is 54.6 Å². The summed E-state index contributed by atoms with van der Waals surface area (Å²) in [4.78, 5) is 0. The second-order valence-electron chi connectivity index (χ2n) is 4.63. The van der Waals surface area contributed by atoms with E-state index < -0.39 is 0 Å². The Hall–Kier alpha value is -1.84. The van der Waals surface area contributed by atoms with Gasteiger partial charge in [-0.2, -0.15) is 0 Å². The monoisotopic (exact) mass is 257 g/mol. The van der Waals surface area contributed by atoms with Crippen molar-refractivity contribution >= 4 is 0 Å². The van der Waals surface area contributed by atoms with E-state index in [0.29, 0.717) is 0 Å². The normalized spacial score (nSPS) is 14.0. The Balaban J connectivity index is 2.08. The van der Waals surface area contributed by atoms with Crippen LogP contribution in [0.25, 0.3) is 0 Å². The van der Waals surface area contributed by atoms with Crippen LogP contribution in [0.5, 0.6) is 5.75 Å². The predicted molar refractivity (Wildman–Crippen MR) is 75.9 cm³/mol. The van der Waals surface area contributed by atoms with E-state index in [9.17, 15) is 10.2 Å². The zero-order valence-corrected chi connectivity index (χ0v) is 11.0. The van der Waals surface area contributed by atoms with E-state index in [2.05, 4.69) is 5.32 Å². The quantitative estimate of drug-likeness (QED) is 0.772. The molecular formula is C16H19NO2. The summed E-state index contributed by atoms with van der Waals surface area (Å²) in [5, 5.41) is 22.2. The van der Waals surface area contributed by atoms with Crippen LogP contribution < -0.4 is 5.32 Å². The summed E-state index contributed by atoms with van der Waals surface area (Å²) in [5.74, 6) is 0.262. The third-order valence-corrected chi connectivity index (χ3v) is 3.23. The molecule has 3 N–H and O–H groups in total. The van der Waals surface area contributed by atoms with Gasteiger partial charge in [0.25, 0.3) is 0 Å². The van der Waals surface area contributed by atoms with Gasteiger partial charge in [0, 0.05) is 6.04 Å². The first-order valence-electron chi connectivity index (χ1n) is 6.41. The highest BCUT2D eigenvalue weighted by Crippen LogP contribution is 2.21. The van der Waals surface area contributed by atoms with Crippen molar-refractivity contribution in [2.75, 3.05) is 6.61 Å². The first-order chi connectivity index (χ1) is 9.20. The lowest BCUT2D eigenvalue weighted by atomic mass is 10.0. The second-order valence-corrected chi connectivity index (χ2v) is 4.63. The fraction of sp³-hybridized carbons (Fsp3) is 0.250. The average molecular weight is 257 g/mol. The molecule has 0 radical (unpaired) electrons. The lowest BCUT2D eigenvalue weighted by Crippen LogP contribution is -2.27. The van der Waals surface area contributed by atoms with Crippen molar-refractivity contribution in [1.82, 2.24) is 5.32 Å². The summed E-state index contributed by atoms with van der Waals surface area (Å²) in [6, 6.07) is 17.0. The number of rotatable bonds is 5. The van der Waals surface area contributed by atoms with Crippen molar-refractivity contribution in [2.45, 2.75) is 19.0 Å². The molecule has 0 aliphatic heterocycles. The minimum absolute atomic E-state index is 0.0481. The van der Waals surface area contributed by atoms with Crippen LogP contribution in [0, 0.1) is 0 Å². The van der Waals surface area contributed by atoms with Gasteiger partial charge in [0.1, 0.15) is 5.75 Å². The first kappa shape index (κ1) is 13.6. The molecule has 2 aromatic rings. The number of phenols is 1. The van der Waals surface area contributed by atoms with E-state index in [1.54, 1.807) is 12.1 Å². The molecule has 2 atom stereocenters. The molecule has 3 nitrogen and oxygen atoms in total. The molecule has 0 aromatic heterocycles. The maximum atomic E-state index is 9.52. The molecule has 2 aromatic carbocycles. The number of phenolic OH excluding ortho intramolecular Hbond substituents is 1. The van der Waals surface area contributed by atoms with Crippen molar-refractivity contribution in [2.24, 2.45) is 0 Å². The van der Waals surface area contributed by atoms with Gasteiger partial charge in [-0.15, -0.1) is 0 Å². The molecule has 0 aliphatic rings. The summed E-state index contributed by atoms with van der Waals surface area (Å²) in [6.45, 7) is 2.09. The number of hydrogen-bond donors (Lipinski definition) is 3. The van der Waals surface area contributed by atoms with Crippen molar-refractivity contribution < 1.29 is 10.2 Å².